The lowest BCUT2D eigenvalue weighted by atomic mass is 9.70. The zero-order valence-corrected chi connectivity index (χ0v) is 30.6. The maximum absolute atomic E-state index is 14.9. The molecule has 3 aliphatic heterocycles. The summed E-state index contributed by atoms with van der Waals surface area (Å²) >= 11 is 0. The summed E-state index contributed by atoms with van der Waals surface area (Å²) in [6, 6.07) is 13.4. The number of anilines is 1. The van der Waals surface area contributed by atoms with Crippen LogP contribution in [-0.4, -0.2) is 90.9 Å². The van der Waals surface area contributed by atoms with E-state index in [2.05, 4.69) is 18.5 Å². The lowest BCUT2D eigenvalue weighted by Gasteiger charge is -2.37. The summed E-state index contributed by atoms with van der Waals surface area (Å²) in [6.07, 6.45) is 5.20. The number of carbonyl (C=O) groups is 4. The largest absolute Gasteiger partial charge is 0.455 e. The van der Waals surface area contributed by atoms with Gasteiger partial charge in [-0.05, 0) is 75.1 Å². The fraction of sp³-hybridized carbons (Fsp3) is 0.512. The van der Waals surface area contributed by atoms with Crippen molar-refractivity contribution < 1.29 is 38.5 Å². The number of esters is 1. The first kappa shape index (κ1) is 38.9. The van der Waals surface area contributed by atoms with Gasteiger partial charge in [0.1, 0.15) is 17.7 Å². The molecule has 3 saturated heterocycles. The molecule has 2 N–H and O–H groups in total. The van der Waals surface area contributed by atoms with Crippen LogP contribution in [0.25, 0.3) is 0 Å². The van der Waals surface area contributed by atoms with Crippen molar-refractivity contribution in [3.63, 3.8) is 0 Å². The average Bonchev–Trinajstić information content (AvgIpc) is 3.78. The van der Waals surface area contributed by atoms with Gasteiger partial charge in [0.15, 0.2) is 0 Å². The number of likely N-dealkylation sites (tertiary alicyclic amines) is 1. The van der Waals surface area contributed by atoms with Gasteiger partial charge in [-0.2, -0.15) is 0 Å². The van der Waals surface area contributed by atoms with Gasteiger partial charge < -0.3 is 34.4 Å². The number of allylic oxidation sites excluding steroid dienone is 1. The predicted molar refractivity (Wildman–Crippen MR) is 197 cm³/mol. The molecule has 52 heavy (non-hydrogen) atoms. The highest BCUT2D eigenvalue weighted by Gasteiger charge is 2.75. The Morgan fingerprint density at radius 1 is 1.12 bits per heavy atom. The predicted octanol–water partition coefficient (Wildman–Crippen LogP) is 4.74. The molecule has 7 atom stereocenters. The number of ether oxygens (including phenoxy) is 3. The van der Waals surface area contributed by atoms with Gasteiger partial charge in [0.25, 0.3) is 5.91 Å². The Morgan fingerprint density at radius 2 is 1.88 bits per heavy atom. The smallest absolute Gasteiger partial charge is 0.313 e. The van der Waals surface area contributed by atoms with Gasteiger partial charge in [-0.1, -0.05) is 54.6 Å². The van der Waals surface area contributed by atoms with Crippen molar-refractivity contribution in [3.05, 3.63) is 90.5 Å². The first-order chi connectivity index (χ1) is 25.1. The number of rotatable bonds is 19. The van der Waals surface area contributed by atoms with Gasteiger partial charge in [-0.15, -0.1) is 13.2 Å². The van der Waals surface area contributed by atoms with Gasteiger partial charge in [0.05, 0.1) is 30.6 Å². The summed E-state index contributed by atoms with van der Waals surface area (Å²) in [5, 5.41) is 12.4. The molecule has 2 aromatic carbocycles. The third kappa shape index (κ3) is 7.86. The first-order valence-electron chi connectivity index (χ1n) is 18.3. The molecule has 3 heterocycles. The molecular formula is C41H53N3O8. The molecule has 0 aliphatic carbocycles. The molecule has 0 aromatic heterocycles. The van der Waals surface area contributed by atoms with E-state index in [1.54, 1.807) is 22.0 Å². The number of nitrogens with one attached hydrogen (secondary N) is 1. The molecule has 11 heteroatoms. The van der Waals surface area contributed by atoms with Crippen LogP contribution in [0.1, 0.15) is 67.7 Å². The van der Waals surface area contributed by atoms with E-state index >= 15 is 0 Å². The highest BCUT2D eigenvalue weighted by Crippen LogP contribution is 2.59. The molecule has 3 fully saturated rings. The molecule has 2 aromatic rings. The number of fused-ring (bicyclic) bond motifs is 1. The Hall–Kier alpha value is -4.32. The monoisotopic (exact) mass is 715 g/mol. The Kier molecular flexibility index (Phi) is 13.1. The highest BCUT2D eigenvalue weighted by molar-refractivity contribution is 6.05. The van der Waals surface area contributed by atoms with E-state index < -0.39 is 47.7 Å². The average molecular weight is 716 g/mol. The molecule has 0 radical (unpaired) electrons. The van der Waals surface area contributed by atoms with Gasteiger partial charge >= 0.3 is 5.97 Å². The van der Waals surface area contributed by atoms with E-state index in [4.69, 9.17) is 14.2 Å². The highest BCUT2D eigenvalue weighted by atomic mass is 16.6. The van der Waals surface area contributed by atoms with Gasteiger partial charge in [-0.25, -0.2) is 0 Å². The molecule has 3 aliphatic rings. The van der Waals surface area contributed by atoms with E-state index in [0.29, 0.717) is 44.1 Å². The molecular weight excluding hydrogens is 662 g/mol. The van der Waals surface area contributed by atoms with Crippen LogP contribution in [0.3, 0.4) is 0 Å². The minimum Gasteiger partial charge on any atom is -0.455 e. The molecule has 280 valence electrons. The van der Waals surface area contributed by atoms with Gasteiger partial charge in [0, 0.05) is 38.9 Å². The molecule has 11 nitrogen and oxygen atoms in total. The van der Waals surface area contributed by atoms with Crippen molar-refractivity contribution in [2.45, 2.75) is 88.7 Å². The van der Waals surface area contributed by atoms with Crippen LogP contribution in [0.15, 0.2) is 73.8 Å². The van der Waals surface area contributed by atoms with E-state index in [1.165, 1.54) is 7.11 Å². The number of methoxy groups -OCH3 is 1. The van der Waals surface area contributed by atoms with Crippen LogP contribution in [0.5, 0.6) is 0 Å². The number of aryl methyl sites for hydroxylation is 2. The van der Waals surface area contributed by atoms with E-state index in [9.17, 15) is 24.3 Å². The summed E-state index contributed by atoms with van der Waals surface area (Å²) in [5.41, 5.74) is 2.04. The van der Waals surface area contributed by atoms with Crippen LogP contribution >= 0.6 is 0 Å². The molecule has 3 amide bonds. The van der Waals surface area contributed by atoms with Crippen molar-refractivity contribution >= 4 is 29.4 Å². The summed E-state index contributed by atoms with van der Waals surface area (Å²) in [6.45, 7) is 12.1. The third-order valence-electron chi connectivity index (χ3n) is 10.6. The quantitative estimate of drug-likeness (QED) is 0.121. The lowest BCUT2D eigenvalue weighted by molar-refractivity contribution is -0.163. The first-order valence-corrected chi connectivity index (χ1v) is 18.3. The molecule has 5 rings (SSSR count). The maximum Gasteiger partial charge on any atom is 0.313 e. The lowest BCUT2D eigenvalue weighted by Crippen LogP contribution is -2.56. The summed E-state index contributed by atoms with van der Waals surface area (Å²) in [5.74, 6) is -3.35. The Morgan fingerprint density at radius 3 is 2.58 bits per heavy atom. The SMILES string of the molecule is C=CCCC(=O)N[C@H](COC)[C@H](OC(=O)[C@@H]1[C@@H]2CC[C@]3(O2)[C@H](C(=O)N(CC=C)c2cc(C)ccc2C)N(CCCCCO)C(=O)[C@@H]13)c1ccccc1. The number of aliphatic hydroxyl groups excluding tert-OH is 1. The summed E-state index contributed by atoms with van der Waals surface area (Å²) < 4.78 is 18.5. The number of benzene rings is 2. The molecule has 1 spiro atoms. The minimum atomic E-state index is -1.23. The van der Waals surface area contributed by atoms with Gasteiger partial charge in [0.2, 0.25) is 11.8 Å². The number of hydrogen-bond acceptors (Lipinski definition) is 8. The standard InChI is InChI=1S/C41H53N3O8/c1-6-8-17-33(46)42-30(26-50-5)36(29-15-11-9-12-16-29)51-40(49)34-32-20-21-41(52-32)35(34)38(47)44(23-13-10-14-24-45)37(41)39(48)43(22-7-2)31-25-27(3)18-19-28(31)4/h6-7,9,11-12,15-16,18-19,25,30,32,34-37,45H,1-2,8,10,13-14,17,20-24,26H2,3-5H3,(H,42,46)/t30-,32+,34-,35-,36-,37+,41-/m1/s1. The van der Waals surface area contributed by atoms with Crippen LogP contribution in [0, 0.1) is 25.7 Å². The van der Waals surface area contributed by atoms with Gasteiger partial charge in [-0.3, -0.25) is 19.2 Å². The number of amides is 3. The second kappa shape index (κ2) is 17.5. The van der Waals surface area contributed by atoms with Crippen molar-refractivity contribution in [1.29, 1.82) is 0 Å². The number of carbonyl (C=O) groups excluding carboxylic acids is 4. The van der Waals surface area contributed by atoms with Crippen molar-refractivity contribution in [3.8, 4) is 0 Å². The number of hydrogen-bond donors (Lipinski definition) is 2. The molecule has 2 bridgehead atoms. The Balaban J connectivity index is 1.50. The topological polar surface area (TPSA) is 135 Å². The minimum absolute atomic E-state index is 0.0304. The fourth-order valence-electron chi connectivity index (χ4n) is 8.23. The van der Waals surface area contributed by atoms with Crippen molar-refractivity contribution in [2.24, 2.45) is 11.8 Å². The summed E-state index contributed by atoms with van der Waals surface area (Å²) in [7, 11) is 1.51. The van der Waals surface area contributed by atoms with E-state index in [-0.39, 0.29) is 50.4 Å². The van der Waals surface area contributed by atoms with Crippen LogP contribution < -0.4 is 10.2 Å². The van der Waals surface area contributed by atoms with Crippen LogP contribution in [-0.2, 0) is 33.4 Å². The Labute approximate surface area is 307 Å². The number of unbranched alkanes of at least 4 members (excludes halogenated alkanes) is 2. The van der Waals surface area contributed by atoms with E-state index in [0.717, 1.165) is 16.8 Å². The fourth-order valence-corrected chi connectivity index (χ4v) is 8.23. The van der Waals surface area contributed by atoms with Crippen molar-refractivity contribution in [1.82, 2.24) is 10.2 Å². The second-order valence-corrected chi connectivity index (χ2v) is 14.1. The normalized spacial score (nSPS) is 24.2. The van der Waals surface area contributed by atoms with Crippen LogP contribution in [0.4, 0.5) is 5.69 Å². The Bertz CT molecular complexity index is 1610. The number of aliphatic hydroxyl groups is 1. The zero-order valence-electron chi connectivity index (χ0n) is 30.6. The third-order valence-corrected chi connectivity index (χ3v) is 10.6. The van der Waals surface area contributed by atoms with Crippen molar-refractivity contribution in [2.75, 3.05) is 38.3 Å². The van der Waals surface area contributed by atoms with Crippen LogP contribution in [0.2, 0.25) is 0 Å². The maximum atomic E-state index is 14.9. The summed E-state index contributed by atoms with van der Waals surface area (Å²) in [4.78, 5) is 60.3. The second-order valence-electron chi connectivity index (χ2n) is 14.1. The molecule has 0 saturated carbocycles. The molecule has 0 unspecified atom stereocenters. The number of nitrogens with zero attached hydrogens (tertiary/aromatic N) is 2. The zero-order chi connectivity index (χ0) is 37.4. The van der Waals surface area contributed by atoms with E-state index in [1.807, 2.05) is 62.4 Å².